The highest BCUT2D eigenvalue weighted by Crippen LogP contribution is 2.39. The molecule has 0 heterocycles. The Balaban J connectivity index is 3.00. The maximum absolute atomic E-state index is 9.92. The fourth-order valence-corrected chi connectivity index (χ4v) is 1.52. The van der Waals surface area contributed by atoms with Crippen molar-refractivity contribution in [1.29, 1.82) is 0 Å². The Bertz CT molecular complexity index is 321. The molecular weight excluding hydrogens is 192 g/mol. The maximum Gasteiger partial charge on any atom is 0.203 e. The number of rotatable bonds is 5. The highest BCUT2D eigenvalue weighted by atomic mass is 16.5. The van der Waals surface area contributed by atoms with Crippen molar-refractivity contribution >= 4 is 0 Å². The van der Waals surface area contributed by atoms with Gasteiger partial charge in [-0.05, 0) is 24.5 Å². The van der Waals surface area contributed by atoms with E-state index >= 15 is 0 Å². The average Bonchev–Trinajstić information content (AvgIpc) is 2.27. The van der Waals surface area contributed by atoms with Gasteiger partial charge in [0, 0.05) is 0 Å². The summed E-state index contributed by atoms with van der Waals surface area (Å²) in [6.07, 6.45) is 3.03. The molecule has 1 aromatic rings. The van der Waals surface area contributed by atoms with E-state index in [0.717, 1.165) is 24.8 Å². The van der Waals surface area contributed by atoms with Crippen molar-refractivity contribution in [2.75, 3.05) is 14.2 Å². The Morgan fingerprint density at radius 3 is 2.47 bits per heavy atom. The molecule has 0 amide bonds. The molecule has 3 nitrogen and oxygen atoms in total. The summed E-state index contributed by atoms with van der Waals surface area (Å²) in [7, 11) is 3.09. The van der Waals surface area contributed by atoms with E-state index in [1.165, 1.54) is 7.11 Å². The van der Waals surface area contributed by atoms with Crippen LogP contribution in [0.2, 0.25) is 0 Å². The van der Waals surface area contributed by atoms with E-state index in [2.05, 4.69) is 6.92 Å². The number of aromatic hydroxyl groups is 1. The number of aryl methyl sites for hydroxylation is 1. The summed E-state index contributed by atoms with van der Waals surface area (Å²) in [6.45, 7) is 2.12. The molecule has 3 heteroatoms. The number of hydrogen-bond acceptors (Lipinski definition) is 3. The quantitative estimate of drug-likeness (QED) is 0.812. The molecule has 0 fully saturated rings. The third-order valence-corrected chi connectivity index (χ3v) is 2.40. The molecule has 0 aliphatic rings. The third-order valence-electron chi connectivity index (χ3n) is 2.40. The van der Waals surface area contributed by atoms with Crippen molar-refractivity contribution in [3.05, 3.63) is 17.7 Å². The van der Waals surface area contributed by atoms with E-state index in [4.69, 9.17) is 9.47 Å². The predicted molar refractivity (Wildman–Crippen MR) is 59.8 cm³/mol. The Labute approximate surface area is 90.6 Å². The first-order chi connectivity index (χ1) is 7.24. The van der Waals surface area contributed by atoms with Crippen molar-refractivity contribution in [2.45, 2.75) is 26.2 Å². The van der Waals surface area contributed by atoms with Crippen LogP contribution in [0.5, 0.6) is 17.2 Å². The summed E-state index contributed by atoms with van der Waals surface area (Å²) in [5.74, 6) is 1.19. The van der Waals surface area contributed by atoms with Crippen LogP contribution in [0.25, 0.3) is 0 Å². The van der Waals surface area contributed by atoms with Gasteiger partial charge >= 0.3 is 0 Å². The van der Waals surface area contributed by atoms with Crippen LogP contribution in [0, 0.1) is 0 Å². The molecule has 0 bridgehead atoms. The Hall–Kier alpha value is -1.38. The summed E-state index contributed by atoms with van der Waals surface area (Å²) < 4.78 is 10.2. The van der Waals surface area contributed by atoms with Crippen LogP contribution >= 0.6 is 0 Å². The van der Waals surface area contributed by atoms with Gasteiger partial charge in [0.2, 0.25) is 5.75 Å². The number of phenolic OH excluding ortho intramolecular Hbond substituents is 1. The Morgan fingerprint density at radius 2 is 1.93 bits per heavy atom. The van der Waals surface area contributed by atoms with Crippen LogP contribution < -0.4 is 9.47 Å². The first kappa shape index (κ1) is 11.7. The van der Waals surface area contributed by atoms with Crippen molar-refractivity contribution in [1.82, 2.24) is 0 Å². The predicted octanol–water partition coefficient (Wildman–Crippen LogP) is 2.75. The molecule has 0 aromatic heterocycles. The van der Waals surface area contributed by atoms with Gasteiger partial charge in [0.1, 0.15) is 0 Å². The van der Waals surface area contributed by atoms with Gasteiger partial charge in [-0.15, -0.1) is 0 Å². The summed E-state index contributed by atoms with van der Waals surface area (Å²) in [5, 5.41) is 9.92. The minimum atomic E-state index is 0.199. The highest BCUT2D eigenvalue weighted by molar-refractivity contribution is 5.54. The molecule has 15 heavy (non-hydrogen) atoms. The molecule has 0 saturated carbocycles. The molecule has 1 rings (SSSR count). The number of phenols is 1. The van der Waals surface area contributed by atoms with Gasteiger partial charge in [0.05, 0.1) is 14.2 Å². The van der Waals surface area contributed by atoms with Crippen molar-refractivity contribution in [2.24, 2.45) is 0 Å². The SMILES string of the molecule is CCCCc1ccc(OC)c(OC)c1O. The lowest BCUT2D eigenvalue weighted by molar-refractivity contribution is 0.331. The van der Waals surface area contributed by atoms with Gasteiger partial charge in [-0.2, -0.15) is 0 Å². The summed E-state index contributed by atoms with van der Waals surface area (Å²) in [6, 6.07) is 3.70. The van der Waals surface area contributed by atoms with Gasteiger partial charge in [0.15, 0.2) is 11.5 Å². The van der Waals surface area contributed by atoms with Gasteiger partial charge in [-0.3, -0.25) is 0 Å². The maximum atomic E-state index is 9.92. The van der Waals surface area contributed by atoms with Gasteiger partial charge in [-0.1, -0.05) is 19.4 Å². The van der Waals surface area contributed by atoms with E-state index in [1.54, 1.807) is 7.11 Å². The lowest BCUT2D eigenvalue weighted by Crippen LogP contribution is -1.94. The van der Waals surface area contributed by atoms with Crippen molar-refractivity contribution in [3.8, 4) is 17.2 Å². The lowest BCUT2D eigenvalue weighted by Gasteiger charge is -2.12. The second kappa shape index (κ2) is 5.49. The average molecular weight is 210 g/mol. The van der Waals surface area contributed by atoms with Crippen LogP contribution in [0.1, 0.15) is 25.3 Å². The number of methoxy groups -OCH3 is 2. The summed E-state index contributed by atoms with van der Waals surface area (Å²) in [5.41, 5.74) is 0.912. The third kappa shape index (κ3) is 2.55. The number of hydrogen-bond donors (Lipinski definition) is 1. The second-order valence-corrected chi connectivity index (χ2v) is 3.41. The number of unbranched alkanes of at least 4 members (excludes halogenated alkanes) is 1. The van der Waals surface area contributed by atoms with Gasteiger partial charge in [0.25, 0.3) is 0 Å². The van der Waals surface area contributed by atoms with Gasteiger partial charge < -0.3 is 14.6 Å². The molecule has 84 valence electrons. The molecule has 1 aromatic carbocycles. The van der Waals surface area contributed by atoms with E-state index in [-0.39, 0.29) is 5.75 Å². The topological polar surface area (TPSA) is 38.7 Å². The standard InChI is InChI=1S/C12H18O3/c1-4-5-6-9-7-8-10(14-2)12(15-3)11(9)13/h7-8,13H,4-6H2,1-3H3. The van der Waals surface area contributed by atoms with Crippen LogP contribution in [0.3, 0.4) is 0 Å². The number of benzene rings is 1. The van der Waals surface area contributed by atoms with Crippen LogP contribution in [-0.4, -0.2) is 19.3 Å². The normalized spacial score (nSPS) is 10.1. The first-order valence-corrected chi connectivity index (χ1v) is 5.17. The summed E-state index contributed by atoms with van der Waals surface area (Å²) in [4.78, 5) is 0. The monoisotopic (exact) mass is 210 g/mol. The van der Waals surface area contributed by atoms with E-state index in [1.807, 2.05) is 12.1 Å². The van der Waals surface area contributed by atoms with E-state index in [9.17, 15) is 5.11 Å². The zero-order chi connectivity index (χ0) is 11.3. The Morgan fingerprint density at radius 1 is 1.20 bits per heavy atom. The molecule has 0 unspecified atom stereocenters. The minimum absolute atomic E-state index is 0.199. The van der Waals surface area contributed by atoms with Crippen molar-refractivity contribution in [3.63, 3.8) is 0 Å². The smallest absolute Gasteiger partial charge is 0.203 e. The van der Waals surface area contributed by atoms with Gasteiger partial charge in [-0.25, -0.2) is 0 Å². The highest BCUT2D eigenvalue weighted by Gasteiger charge is 2.13. The zero-order valence-electron chi connectivity index (χ0n) is 9.54. The number of ether oxygens (including phenoxy) is 2. The molecule has 1 N–H and O–H groups in total. The molecule has 0 atom stereocenters. The largest absolute Gasteiger partial charge is 0.504 e. The van der Waals surface area contributed by atoms with E-state index in [0.29, 0.717) is 11.5 Å². The lowest BCUT2D eigenvalue weighted by atomic mass is 10.1. The fraction of sp³-hybridized carbons (Fsp3) is 0.500. The Kier molecular flexibility index (Phi) is 4.28. The minimum Gasteiger partial charge on any atom is -0.504 e. The molecular formula is C12H18O3. The second-order valence-electron chi connectivity index (χ2n) is 3.41. The fourth-order valence-electron chi connectivity index (χ4n) is 1.52. The van der Waals surface area contributed by atoms with Crippen LogP contribution in [0.15, 0.2) is 12.1 Å². The molecule has 0 spiro atoms. The molecule has 0 aliphatic carbocycles. The van der Waals surface area contributed by atoms with Crippen LogP contribution in [0.4, 0.5) is 0 Å². The van der Waals surface area contributed by atoms with Crippen LogP contribution in [-0.2, 0) is 6.42 Å². The van der Waals surface area contributed by atoms with E-state index < -0.39 is 0 Å². The zero-order valence-corrected chi connectivity index (χ0v) is 9.54. The molecule has 0 aliphatic heterocycles. The van der Waals surface area contributed by atoms with Crippen molar-refractivity contribution < 1.29 is 14.6 Å². The first-order valence-electron chi connectivity index (χ1n) is 5.17. The molecule has 0 saturated heterocycles. The molecule has 0 radical (unpaired) electrons. The summed E-state index contributed by atoms with van der Waals surface area (Å²) >= 11 is 0.